The molecule has 11 heteroatoms. The number of nitrogens with zero attached hydrogens (tertiary/aromatic N) is 4. The molecule has 2 aromatic heterocycles. The standard InChI is InChI=1S/C17H13ClF3N5O2/c1-10(26-15(27)6-5-14(24-26)25-8-2-7-22-25)16(28)23-13-9-11(17(19,20)21)3-4-12(13)18/h2-10H,1H3,(H,23,28). The van der Waals surface area contributed by atoms with E-state index in [1.165, 1.54) is 29.9 Å². The number of amides is 1. The van der Waals surface area contributed by atoms with Crippen LogP contribution in [-0.4, -0.2) is 25.5 Å². The van der Waals surface area contributed by atoms with Crippen molar-refractivity contribution in [2.24, 2.45) is 0 Å². The van der Waals surface area contributed by atoms with Crippen molar-refractivity contribution in [1.29, 1.82) is 0 Å². The van der Waals surface area contributed by atoms with E-state index >= 15 is 0 Å². The van der Waals surface area contributed by atoms with Gasteiger partial charge in [-0.15, -0.1) is 5.10 Å². The molecule has 0 saturated carbocycles. The van der Waals surface area contributed by atoms with Gasteiger partial charge in [0.15, 0.2) is 5.82 Å². The molecule has 28 heavy (non-hydrogen) atoms. The average Bonchev–Trinajstić information content (AvgIpc) is 3.17. The third kappa shape index (κ3) is 4.06. The monoisotopic (exact) mass is 411 g/mol. The lowest BCUT2D eigenvalue weighted by atomic mass is 10.2. The lowest BCUT2D eigenvalue weighted by molar-refractivity contribution is -0.137. The van der Waals surface area contributed by atoms with Gasteiger partial charge in [-0.05, 0) is 37.3 Å². The molecule has 2 heterocycles. The van der Waals surface area contributed by atoms with Crippen LogP contribution in [0, 0.1) is 0 Å². The van der Waals surface area contributed by atoms with E-state index in [-0.39, 0.29) is 10.7 Å². The molecule has 1 atom stereocenters. The minimum Gasteiger partial charge on any atom is -0.323 e. The van der Waals surface area contributed by atoms with Crippen molar-refractivity contribution in [3.63, 3.8) is 0 Å². The summed E-state index contributed by atoms with van der Waals surface area (Å²) in [5.74, 6) is -0.463. The Morgan fingerprint density at radius 3 is 2.64 bits per heavy atom. The summed E-state index contributed by atoms with van der Waals surface area (Å²) < 4.78 is 40.9. The zero-order chi connectivity index (χ0) is 20.5. The number of carbonyl (C=O) groups excluding carboxylic acids is 1. The van der Waals surface area contributed by atoms with Crippen LogP contribution in [0.2, 0.25) is 5.02 Å². The molecule has 1 amide bonds. The highest BCUT2D eigenvalue weighted by Gasteiger charge is 2.31. The number of rotatable bonds is 4. The van der Waals surface area contributed by atoms with Crippen molar-refractivity contribution in [1.82, 2.24) is 19.6 Å². The van der Waals surface area contributed by atoms with Gasteiger partial charge in [-0.3, -0.25) is 9.59 Å². The van der Waals surface area contributed by atoms with E-state index < -0.39 is 29.2 Å². The molecule has 0 aliphatic heterocycles. The zero-order valence-electron chi connectivity index (χ0n) is 14.3. The third-order valence-electron chi connectivity index (χ3n) is 3.85. The Kier molecular flexibility index (Phi) is 5.23. The normalized spacial score (nSPS) is 12.6. The molecule has 3 rings (SSSR count). The molecule has 0 aliphatic rings. The fourth-order valence-electron chi connectivity index (χ4n) is 2.36. The number of nitrogens with one attached hydrogen (secondary N) is 1. The summed E-state index contributed by atoms with van der Waals surface area (Å²) in [7, 11) is 0. The van der Waals surface area contributed by atoms with Crippen molar-refractivity contribution >= 4 is 23.2 Å². The largest absolute Gasteiger partial charge is 0.416 e. The van der Waals surface area contributed by atoms with Gasteiger partial charge in [-0.25, -0.2) is 9.36 Å². The second-order valence-corrected chi connectivity index (χ2v) is 6.19. The molecular weight excluding hydrogens is 399 g/mol. The van der Waals surface area contributed by atoms with Crippen LogP contribution in [0.4, 0.5) is 18.9 Å². The fraction of sp³-hybridized carbons (Fsp3) is 0.176. The molecule has 0 aliphatic carbocycles. The van der Waals surface area contributed by atoms with Crippen molar-refractivity contribution < 1.29 is 18.0 Å². The van der Waals surface area contributed by atoms with E-state index in [0.717, 1.165) is 22.9 Å². The van der Waals surface area contributed by atoms with Crippen LogP contribution in [0.3, 0.4) is 0 Å². The van der Waals surface area contributed by atoms with Crippen molar-refractivity contribution in [3.05, 3.63) is 69.7 Å². The molecule has 0 bridgehead atoms. The predicted octanol–water partition coefficient (Wildman–Crippen LogP) is 3.30. The second kappa shape index (κ2) is 7.47. The summed E-state index contributed by atoms with van der Waals surface area (Å²) in [4.78, 5) is 24.6. The Morgan fingerprint density at radius 1 is 1.25 bits per heavy atom. The summed E-state index contributed by atoms with van der Waals surface area (Å²) in [5.41, 5.74) is -1.74. The first kappa shape index (κ1) is 19.6. The minimum absolute atomic E-state index is 0.0702. The number of aromatic nitrogens is 4. The van der Waals surface area contributed by atoms with Crippen LogP contribution in [0.5, 0.6) is 0 Å². The van der Waals surface area contributed by atoms with Gasteiger partial charge in [-0.1, -0.05) is 11.6 Å². The predicted molar refractivity (Wildman–Crippen MR) is 95.4 cm³/mol. The van der Waals surface area contributed by atoms with Gasteiger partial charge in [0.05, 0.1) is 16.3 Å². The van der Waals surface area contributed by atoms with Crippen molar-refractivity contribution in [3.8, 4) is 5.82 Å². The molecule has 0 radical (unpaired) electrons. The maximum absolute atomic E-state index is 12.9. The maximum Gasteiger partial charge on any atom is 0.416 e. The number of hydrogen-bond acceptors (Lipinski definition) is 4. The Bertz CT molecular complexity index is 1060. The van der Waals surface area contributed by atoms with E-state index in [2.05, 4.69) is 15.5 Å². The highest BCUT2D eigenvalue weighted by atomic mass is 35.5. The summed E-state index contributed by atoms with van der Waals surface area (Å²) in [6.45, 7) is 1.39. The summed E-state index contributed by atoms with van der Waals surface area (Å²) >= 11 is 5.89. The molecule has 0 spiro atoms. The Morgan fingerprint density at radius 2 is 2.00 bits per heavy atom. The van der Waals surface area contributed by atoms with Crippen LogP contribution >= 0.6 is 11.6 Å². The molecule has 146 valence electrons. The number of carbonyl (C=O) groups is 1. The van der Waals surface area contributed by atoms with Crippen LogP contribution in [0.15, 0.2) is 53.6 Å². The second-order valence-electron chi connectivity index (χ2n) is 5.78. The Labute approximate surface area is 161 Å². The Hall–Kier alpha value is -3.14. The van der Waals surface area contributed by atoms with Crippen molar-refractivity contribution in [2.45, 2.75) is 19.1 Å². The van der Waals surface area contributed by atoms with Crippen LogP contribution in [0.25, 0.3) is 5.82 Å². The van der Waals surface area contributed by atoms with Crippen LogP contribution < -0.4 is 10.9 Å². The third-order valence-corrected chi connectivity index (χ3v) is 4.18. The summed E-state index contributed by atoms with van der Waals surface area (Å²) in [5, 5.41) is 10.3. The van der Waals surface area contributed by atoms with Gasteiger partial charge in [-0.2, -0.15) is 18.3 Å². The van der Waals surface area contributed by atoms with E-state index in [4.69, 9.17) is 11.6 Å². The van der Waals surface area contributed by atoms with Crippen LogP contribution in [0.1, 0.15) is 18.5 Å². The summed E-state index contributed by atoms with van der Waals surface area (Å²) in [6.07, 6.45) is -1.47. The number of benzene rings is 1. The van der Waals surface area contributed by atoms with Crippen molar-refractivity contribution in [2.75, 3.05) is 5.32 Å². The van der Waals surface area contributed by atoms with Gasteiger partial charge in [0.1, 0.15) is 6.04 Å². The van der Waals surface area contributed by atoms with E-state index in [1.54, 1.807) is 12.3 Å². The molecule has 7 nitrogen and oxygen atoms in total. The number of alkyl halides is 3. The summed E-state index contributed by atoms with van der Waals surface area (Å²) in [6, 6.07) is 5.75. The first-order chi connectivity index (χ1) is 13.2. The molecule has 1 unspecified atom stereocenters. The highest BCUT2D eigenvalue weighted by Crippen LogP contribution is 2.34. The zero-order valence-corrected chi connectivity index (χ0v) is 15.1. The maximum atomic E-state index is 12.9. The lowest BCUT2D eigenvalue weighted by Crippen LogP contribution is -2.33. The van der Waals surface area contributed by atoms with E-state index in [1.807, 2.05) is 0 Å². The van der Waals surface area contributed by atoms with Gasteiger partial charge >= 0.3 is 6.18 Å². The molecule has 3 aromatic rings. The lowest BCUT2D eigenvalue weighted by Gasteiger charge is -2.16. The fourth-order valence-corrected chi connectivity index (χ4v) is 2.53. The van der Waals surface area contributed by atoms with E-state index in [9.17, 15) is 22.8 Å². The first-order valence-electron chi connectivity index (χ1n) is 7.94. The first-order valence-corrected chi connectivity index (χ1v) is 8.32. The average molecular weight is 412 g/mol. The topological polar surface area (TPSA) is 81.8 Å². The minimum atomic E-state index is -4.59. The van der Waals surface area contributed by atoms with E-state index in [0.29, 0.717) is 5.82 Å². The molecule has 0 saturated heterocycles. The number of anilines is 1. The van der Waals surface area contributed by atoms with Crippen LogP contribution in [-0.2, 0) is 11.0 Å². The quantitative estimate of drug-likeness (QED) is 0.714. The SMILES string of the molecule is CC(C(=O)Nc1cc(C(F)(F)F)ccc1Cl)n1nc(-n2cccn2)ccc1=O. The van der Waals surface area contributed by atoms with Gasteiger partial charge in [0.2, 0.25) is 5.91 Å². The number of halogens is 4. The smallest absolute Gasteiger partial charge is 0.323 e. The van der Waals surface area contributed by atoms with Gasteiger partial charge in [0.25, 0.3) is 5.56 Å². The molecule has 1 aromatic carbocycles. The Balaban J connectivity index is 1.88. The highest BCUT2D eigenvalue weighted by molar-refractivity contribution is 6.33. The number of hydrogen-bond donors (Lipinski definition) is 1. The van der Waals surface area contributed by atoms with Gasteiger partial charge in [0, 0.05) is 18.5 Å². The molecule has 0 fully saturated rings. The molecule has 1 N–H and O–H groups in total. The molecular formula is C17H13ClF3N5O2. The van der Waals surface area contributed by atoms with Gasteiger partial charge < -0.3 is 5.32 Å².